The van der Waals surface area contributed by atoms with Crippen LogP contribution in [-0.2, 0) is 5.41 Å². The molecule has 0 amide bonds. The molecule has 1 heterocycles. The molecule has 1 aliphatic heterocycles. The van der Waals surface area contributed by atoms with Crippen LogP contribution in [0.25, 0.3) is 0 Å². The lowest BCUT2D eigenvalue weighted by atomic mass is 9.62. The van der Waals surface area contributed by atoms with Crippen LogP contribution in [-0.4, -0.2) is 42.8 Å². The molecule has 2 aromatic carbocycles. The minimum absolute atomic E-state index is 0.0171. The van der Waals surface area contributed by atoms with E-state index in [2.05, 4.69) is 91.6 Å². The maximum absolute atomic E-state index is 5.36. The number of hydrogen-bond acceptors (Lipinski definition) is 3. The molecule has 2 aromatic rings. The van der Waals surface area contributed by atoms with Crippen molar-refractivity contribution in [3.8, 4) is 0 Å². The molecule has 0 N–H and O–H groups in total. The lowest BCUT2D eigenvalue weighted by Crippen LogP contribution is -2.49. The third-order valence-electron chi connectivity index (χ3n) is 6.40. The Morgan fingerprint density at radius 3 is 2.36 bits per heavy atom. The largest absolute Gasteiger partial charge is 0.308 e. The van der Waals surface area contributed by atoms with Crippen LogP contribution in [0.5, 0.6) is 0 Å². The highest BCUT2D eigenvalue weighted by Crippen LogP contribution is 2.50. The van der Waals surface area contributed by atoms with E-state index in [1.807, 2.05) is 0 Å². The van der Waals surface area contributed by atoms with Crippen LogP contribution in [0.15, 0.2) is 65.8 Å². The molecule has 0 bridgehead atoms. The average molecular weight is 376 g/mol. The molecule has 2 aliphatic rings. The summed E-state index contributed by atoms with van der Waals surface area (Å²) >= 11 is 0. The van der Waals surface area contributed by atoms with Crippen molar-refractivity contribution in [1.29, 1.82) is 0 Å². The van der Waals surface area contributed by atoms with Crippen LogP contribution in [0.2, 0.25) is 0 Å². The van der Waals surface area contributed by atoms with Crippen molar-refractivity contribution in [1.82, 2.24) is 9.91 Å². The Hall–Kier alpha value is -2.13. The third kappa shape index (κ3) is 3.37. The SMILES string of the molecule is CCCN1N=C2C(CCCC2(CN(C)C)c2ccccc2)C1c1ccccc1. The van der Waals surface area contributed by atoms with Gasteiger partial charge in [-0.25, -0.2) is 0 Å². The molecule has 3 unspecified atom stereocenters. The molecule has 1 saturated carbocycles. The van der Waals surface area contributed by atoms with Gasteiger partial charge in [0.25, 0.3) is 0 Å². The van der Waals surface area contributed by atoms with Crippen LogP contribution in [0, 0.1) is 5.92 Å². The van der Waals surface area contributed by atoms with Gasteiger partial charge in [0.15, 0.2) is 0 Å². The summed E-state index contributed by atoms with van der Waals surface area (Å²) in [4.78, 5) is 2.35. The highest BCUT2D eigenvalue weighted by Gasteiger charge is 2.51. The molecule has 4 rings (SSSR count). The Bertz CT molecular complexity index is 799. The van der Waals surface area contributed by atoms with Gasteiger partial charge >= 0.3 is 0 Å². The molecular weight excluding hydrogens is 342 g/mol. The molecule has 0 aromatic heterocycles. The summed E-state index contributed by atoms with van der Waals surface area (Å²) in [6.45, 7) is 4.30. The van der Waals surface area contributed by atoms with Crippen LogP contribution in [0.1, 0.15) is 49.8 Å². The summed E-state index contributed by atoms with van der Waals surface area (Å²) in [5.41, 5.74) is 4.27. The van der Waals surface area contributed by atoms with E-state index in [1.165, 1.54) is 36.1 Å². The Labute approximate surface area is 170 Å². The van der Waals surface area contributed by atoms with E-state index in [0.29, 0.717) is 12.0 Å². The van der Waals surface area contributed by atoms with Crippen LogP contribution >= 0.6 is 0 Å². The van der Waals surface area contributed by atoms with E-state index in [0.717, 1.165) is 19.5 Å². The Morgan fingerprint density at radius 2 is 1.71 bits per heavy atom. The van der Waals surface area contributed by atoms with Crippen molar-refractivity contribution in [3.05, 3.63) is 71.8 Å². The van der Waals surface area contributed by atoms with Gasteiger partial charge in [0, 0.05) is 24.4 Å². The zero-order valence-corrected chi connectivity index (χ0v) is 17.5. The van der Waals surface area contributed by atoms with Gasteiger partial charge in [0.1, 0.15) is 0 Å². The lowest BCUT2D eigenvalue weighted by molar-refractivity contribution is 0.192. The molecule has 0 spiro atoms. The van der Waals surface area contributed by atoms with Gasteiger partial charge in [0.2, 0.25) is 0 Å². The second kappa shape index (κ2) is 8.08. The monoisotopic (exact) mass is 375 g/mol. The summed E-state index contributed by atoms with van der Waals surface area (Å²) in [6, 6.07) is 22.5. The number of rotatable bonds is 6. The van der Waals surface area contributed by atoms with Gasteiger partial charge in [0.05, 0.1) is 11.8 Å². The van der Waals surface area contributed by atoms with E-state index in [9.17, 15) is 0 Å². The fourth-order valence-corrected chi connectivity index (χ4v) is 5.44. The first-order chi connectivity index (χ1) is 13.7. The van der Waals surface area contributed by atoms with E-state index in [4.69, 9.17) is 5.10 Å². The fraction of sp³-hybridized carbons (Fsp3) is 0.480. The summed E-state index contributed by atoms with van der Waals surface area (Å²) in [5.74, 6) is 0.503. The quantitative estimate of drug-likeness (QED) is 0.699. The van der Waals surface area contributed by atoms with E-state index in [1.54, 1.807) is 0 Å². The van der Waals surface area contributed by atoms with Crippen LogP contribution < -0.4 is 0 Å². The predicted octanol–water partition coefficient (Wildman–Crippen LogP) is 5.11. The van der Waals surface area contributed by atoms with Crippen LogP contribution in [0.4, 0.5) is 0 Å². The number of hydrogen-bond donors (Lipinski definition) is 0. The van der Waals surface area contributed by atoms with Gasteiger partial charge in [-0.05, 0) is 44.5 Å². The third-order valence-corrected chi connectivity index (χ3v) is 6.40. The van der Waals surface area contributed by atoms with Gasteiger partial charge in [-0.1, -0.05) is 74.0 Å². The van der Waals surface area contributed by atoms with Crippen molar-refractivity contribution in [2.75, 3.05) is 27.2 Å². The highest BCUT2D eigenvalue weighted by molar-refractivity contribution is 5.99. The molecular formula is C25H33N3. The summed E-state index contributed by atoms with van der Waals surface area (Å²) < 4.78 is 0. The molecule has 1 fully saturated rings. The number of hydrazone groups is 1. The molecule has 0 saturated heterocycles. The normalized spacial score (nSPS) is 27.0. The van der Waals surface area contributed by atoms with E-state index >= 15 is 0 Å². The van der Waals surface area contributed by atoms with Gasteiger partial charge in [-0.3, -0.25) is 5.01 Å². The summed E-state index contributed by atoms with van der Waals surface area (Å²) in [6.07, 6.45) is 4.81. The molecule has 28 heavy (non-hydrogen) atoms. The smallest absolute Gasteiger partial charge is 0.0801 e. The molecule has 1 aliphatic carbocycles. The fourth-order valence-electron chi connectivity index (χ4n) is 5.44. The van der Waals surface area contributed by atoms with Crippen molar-refractivity contribution in [2.45, 2.75) is 44.1 Å². The maximum Gasteiger partial charge on any atom is 0.0801 e. The highest BCUT2D eigenvalue weighted by atomic mass is 15.5. The maximum atomic E-state index is 5.36. The minimum Gasteiger partial charge on any atom is -0.308 e. The predicted molar refractivity (Wildman–Crippen MR) is 118 cm³/mol. The van der Waals surface area contributed by atoms with E-state index < -0.39 is 0 Å². The number of fused-ring (bicyclic) bond motifs is 1. The van der Waals surface area contributed by atoms with Gasteiger partial charge in [-0.15, -0.1) is 0 Å². The van der Waals surface area contributed by atoms with Gasteiger partial charge in [-0.2, -0.15) is 5.10 Å². The average Bonchev–Trinajstić information content (AvgIpc) is 3.08. The van der Waals surface area contributed by atoms with E-state index in [-0.39, 0.29) is 5.41 Å². The first-order valence-corrected chi connectivity index (χ1v) is 10.8. The first kappa shape index (κ1) is 19.2. The Kier molecular flexibility index (Phi) is 5.54. The number of benzene rings is 2. The molecule has 3 atom stereocenters. The Balaban J connectivity index is 1.81. The zero-order valence-electron chi connectivity index (χ0n) is 17.5. The molecule has 3 nitrogen and oxygen atoms in total. The summed E-state index contributed by atoms with van der Waals surface area (Å²) in [7, 11) is 4.39. The molecule has 148 valence electrons. The van der Waals surface area contributed by atoms with Crippen molar-refractivity contribution in [3.63, 3.8) is 0 Å². The minimum atomic E-state index is 0.0171. The summed E-state index contributed by atoms with van der Waals surface area (Å²) in [5, 5.41) is 7.76. The van der Waals surface area contributed by atoms with Crippen LogP contribution in [0.3, 0.4) is 0 Å². The molecule has 3 heteroatoms. The van der Waals surface area contributed by atoms with Gasteiger partial charge < -0.3 is 4.90 Å². The Morgan fingerprint density at radius 1 is 1.04 bits per heavy atom. The standard InChI is InChI=1S/C25H33N3/c1-4-18-28-23(20-12-7-5-8-13-20)22-16-11-17-25(19-27(2)3,24(22)26-28)21-14-9-6-10-15-21/h5-10,12-15,22-23H,4,11,16-19H2,1-3H3. The molecule has 0 radical (unpaired) electrons. The second-order valence-corrected chi connectivity index (χ2v) is 8.69. The van der Waals surface area contributed by atoms with Crippen molar-refractivity contribution >= 4 is 5.71 Å². The number of likely N-dealkylation sites (N-methyl/N-ethyl adjacent to an activating group) is 1. The lowest BCUT2D eigenvalue weighted by Gasteiger charge is -2.43. The number of nitrogens with zero attached hydrogens (tertiary/aromatic N) is 3. The zero-order chi connectivity index (χ0) is 19.6. The topological polar surface area (TPSA) is 18.8 Å². The first-order valence-electron chi connectivity index (χ1n) is 10.8. The van der Waals surface area contributed by atoms with Crippen molar-refractivity contribution in [2.24, 2.45) is 11.0 Å². The second-order valence-electron chi connectivity index (χ2n) is 8.69. The van der Waals surface area contributed by atoms with Crippen molar-refractivity contribution < 1.29 is 0 Å².